The van der Waals surface area contributed by atoms with E-state index in [2.05, 4.69) is 27.3 Å². The first-order valence-electron chi connectivity index (χ1n) is 5.32. The highest BCUT2D eigenvalue weighted by Gasteiger charge is 2.08. The number of imidazole rings is 1. The molecule has 86 valence electrons. The predicted molar refractivity (Wildman–Crippen MR) is 63.3 cm³/mol. The Kier molecular flexibility index (Phi) is 2.68. The fourth-order valence-electron chi connectivity index (χ4n) is 1.77. The van der Waals surface area contributed by atoms with E-state index in [1.807, 2.05) is 31.8 Å². The Morgan fingerprint density at radius 3 is 2.62 bits per heavy atom. The van der Waals surface area contributed by atoms with Crippen molar-refractivity contribution in [2.75, 3.05) is 5.32 Å². The molecule has 0 spiro atoms. The Morgan fingerprint density at radius 1 is 1.38 bits per heavy atom. The second-order valence-corrected chi connectivity index (χ2v) is 4.02. The second-order valence-electron chi connectivity index (χ2n) is 4.02. The van der Waals surface area contributed by atoms with E-state index in [1.54, 1.807) is 0 Å². The van der Waals surface area contributed by atoms with Crippen LogP contribution in [-0.4, -0.2) is 19.7 Å². The smallest absolute Gasteiger partial charge is 0.103 e. The van der Waals surface area contributed by atoms with Gasteiger partial charge in [-0.25, -0.2) is 4.98 Å². The molecule has 0 saturated heterocycles. The quantitative estimate of drug-likeness (QED) is 0.825. The third-order valence-corrected chi connectivity index (χ3v) is 2.72. The third-order valence-electron chi connectivity index (χ3n) is 2.72. The van der Waals surface area contributed by atoms with Crippen LogP contribution in [0.4, 0.5) is 5.69 Å². The first kappa shape index (κ1) is 10.7. The minimum Gasteiger partial charge on any atom is -0.376 e. The normalized spacial score (nSPS) is 10.8. The number of aromatic nitrogens is 4. The summed E-state index contributed by atoms with van der Waals surface area (Å²) in [6.45, 7) is 6.76. The molecule has 5 heteroatoms. The molecule has 5 nitrogen and oxygen atoms in total. The van der Waals surface area contributed by atoms with Gasteiger partial charge >= 0.3 is 0 Å². The molecular weight excluding hydrogens is 202 g/mol. The predicted octanol–water partition coefficient (Wildman–Crippen LogP) is 1.68. The van der Waals surface area contributed by atoms with E-state index in [1.165, 1.54) is 0 Å². The van der Waals surface area contributed by atoms with Crippen molar-refractivity contribution in [3.05, 3.63) is 29.1 Å². The van der Waals surface area contributed by atoms with Crippen molar-refractivity contribution in [3.63, 3.8) is 0 Å². The molecule has 2 rings (SSSR count). The molecule has 0 unspecified atom stereocenters. The van der Waals surface area contributed by atoms with Gasteiger partial charge < -0.3 is 10.3 Å². The van der Waals surface area contributed by atoms with E-state index in [-0.39, 0.29) is 0 Å². The molecule has 0 bridgehead atoms. The number of anilines is 1. The number of aryl methyl sites for hydroxylation is 3. The molecule has 0 aliphatic heterocycles. The summed E-state index contributed by atoms with van der Waals surface area (Å²) >= 11 is 0. The molecule has 2 heterocycles. The summed E-state index contributed by atoms with van der Waals surface area (Å²) in [5, 5.41) is 7.73. The molecule has 2 aromatic rings. The summed E-state index contributed by atoms with van der Waals surface area (Å²) in [5.41, 5.74) is 4.36. The van der Waals surface area contributed by atoms with Crippen molar-refractivity contribution in [1.29, 1.82) is 0 Å². The lowest BCUT2D eigenvalue weighted by molar-refractivity contribution is 0.731. The minimum atomic E-state index is 0.744. The zero-order valence-corrected chi connectivity index (χ0v) is 10.1. The number of nitrogens with zero attached hydrogens (tertiary/aromatic N) is 3. The Hall–Kier alpha value is -1.78. The Morgan fingerprint density at radius 2 is 2.12 bits per heavy atom. The lowest BCUT2D eigenvalue weighted by atomic mass is 10.3. The van der Waals surface area contributed by atoms with Crippen LogP contribution >= 0.6 is 0 Å². The van der Waals surface area contributed by atoms with Gasteiger partial charge in [-0.2, -0.15) is 5.10 Å². The zero-order chi connectivity index (χ0) is 11.7. The van der Waals surface area contributed by atoms with Crippen molar-refractivity contribution >= 4 is 5.69 Å². The molecule has 0 aliphatic carbocycles. The van der Waals surface area contributed by atoms with Crippen LogP contribution in [-0.2, 0) is 13.6 Å². The van der Waals surface area contributed by atoms with Gasteiger partial charge in [-0.15, -0.1) is 0 Å². The molecule has 0 atom stereocenters. The summed E-state index contributed by atoms with van der Waals surface area (Å²) in [6, 6.07) is 0. The minimum absolute atomic E-state index is 0.744. The molecule has 0 fully saturated rings. The average molecular weight is 219 g/mol. The van der Waals surface area contributed by atoms with Gasteiger partial charge in [0.2, 0.25) is 0 Å². The van der Waals surface area contributed by atoms with Crippen molar-refractivity contribution in [2.24, 2.45) is 7.05 Å². The Labute approximate surface area is 94.9 Å². The molecular formula is C11H17N5. The lowest BCUT2D eigenvalue weighted by Crippen LogP contribution is -2.02. The van der Waals surface area contributed by atoms with Crippen molar-refractivity contribution < 1.29 is 0 Å². The third kappa shape index (κ3) is 1.93. The monoisotopic (exact) mass is 219 g/mol. The fraction of sp³-hybridized carbons (Fsp3) is 0.455. The van der Waals surface area contributed by atoms with Crippen molar-refractivity contribution in [2.45, 2.75) is 27.3 Å². The molecule has 2 N–H and O–H groups in total. The van der Waals surface area contributed by atoms with Crippen LogP contribution in [0.1, 0.15) is 22.9 Å². The highest BCUT2D eigenvalue weighted by molar-refractivity contribution is 5.51. The maximum Gasteiger partial charge on any atom is 0.103 e. The van der Waals surface area contributed by atoms with Crippen LogP contribution in [0.25, 0.3) is 0 Å². The number of hydrogen-bond donors (Lipinski definition) is 2. The van der Waals surface area contributed by atoms with E-state index < -0.39 is 0 Å². The summed E-state index contributed by atoms with van der Waals surface area (Å²) < 4.78 is 1.88. The summed E-state index contributed by atoms with van der Waals surface area (Å²) in [5.74, 6) is 0.941. The van der Waals surface area contributed by atoms with Gasteiger partial charge in [-0.05, 0) is 20.8 Å². The van der Waals surface area contributed by atoms with Gasteiger partial charge in [-0.1, -0.05) is 0 Å². The highest BCUT2D eigenvalue weighted by Crippen LogP contribution is 2.18. The lowest BCUT2D eigenvalue weighted by Gasteiger charge is -2.04. The Balaban J connectivity index is 2.10. The van der Waals surface area contributed by atoms with Crippen LogP contribution < -0.4 is 5.32 Å². The average Bonchev–Trinajstić information content (AvgIpc) is 2.72. The second kappa shape index (κ2) is 4.00. The molecule has 0 aliphatic rings. The maximum absolute atomic E-state index is 4.36. The maximum atomic E-state index is 4.36. The Bertz CT molecular complexity index is 494. The molecule has 0 aromatic carbocycles. The number of rotatable bonds is 3. The van der Waals surface area contributed by atoms with Crippen LogP contribution in [0.2, 0.25) is 0 Å². The van der Waals surface area contributed by atoms with E-state index in [0.29, 0.717) is 0 Å². The highest BCUT2D eigenvalue weighted by atomic mass is 15.3. The largest absolute Gasteiger partial charge is 0.376 e. The van der Waals surface area contributed by atoms with Crippen molar-refractivity contribution in [3.8, 4) is 0 Å². The zero-order valence-electron chi connectivity index (χ0n) is 10.1. The SMILES string of the molecule is Cc1ncc(CNc2c(C)nn(C)c2C)[nH]1. The molecule has 0 radical (unpaired) electrons. The number of aromatic amines is 1. The van der Waals surface area contributed by atoms with Gasteiger partial charge in [0.25, 0.3) is 0 Å². The number of nitrogens with one attached hydrogen (secondary N) is 2. The molecule has 0 amide bonds. The first-order chi connectivity index (χ1) is 7.58. The van der Waals surface area contributed by atoms with E-state index in [4.69, 9.17) is 0 Å². The van der Waals surface area contributed by atoms with E-state index >= 15 is 0 Å². The van der Waals surface area contributed by atoms with Gasteiger partial charge in [0.1, 0.15) is 5.82 Å². The topological polar surface area (TPSA) is 58.5 Å². The molecule has 16 heavy (non-hydrogen) atoms. The fourth-order valence-corrected chi connectivity index (χ4v) is 1.77. The van der Waals surface area contributed by atoms with Crippen LogP contribution in [0.5, 0.6) is 0 Å². The first-order valence-corrected chi connectivity index (χ1v) is 5.32. The van der Waals surface area contributed by atoms with Crippen LogP contribution in [0.3, 0.4) is 0 Å². The summed E-state index contributed by atoms with van der Waals surface area (Å²) in [6.07, 6.45) is 1.85. The van der Waals surface area contributed by atoms with Gasteiger partial charge in [-0.3, -0.25) is 4.68 Å². The van der Waals surface area contributed by atoms with Crippen LogP contribution in [0.15, 0.2) is 6.20 Å². The van der Waals surface area contributed by atoms with E-state index in [9.17, 15) is 0 Å². The van der Waals surface area contributed by atoms with Gasteiger partial charge in [0.15, 0.2) is 0 Å². The standard InChI is InChI=1S/C11H17N5/c1-7-11(8(2)16(4)15-7)13-6-10-5-12-9(3)14-10/h5,13H,6H2,1-4H3,(H,12,14). The van der Waals surface area contributed by atoms with Crippen molar-refractivity contribution in [1.82, 2.24) is 19.7 Å². The number of hydrogen-bond acceptors (Lipinski definition) is 3. The summed E-state index contributed by atoms with van der Waals surface area (Å²) in [4.78, 5) is 7.35. The molecule has 2 aromatic heterocycles. The van der Waals surface area contributed by atoms with Gasteiger partial charge in [0, 0.05) is 7.05 Å². The molecule has 0 saturated carbocycles. The summed E-state index contributed by atoms with van der Waals surface area (Å²) in [7, 11) is 1.95. The van der Waals surface area contributed by atoms with Gasteiger partial charge in [0.05, 0.1) is 35.5 Å². The number of H-pyrrole nitrogens is 1. The van der Waals surface area contributed by atoms with Crippen LogP contribution in [0, 0.1) is 20.8 Å². The van der Waals surface area contributed by atoms with E-state index in [0.717, 1.165) is 35.1 Å².